The van der Waals surface area contributed by atoms with Crippen molar-refractivity contribution < 1.29 is 17.9 Å². The molecule has 0 radical (unpaired) electrons. The van der Waals surface area contributed by atoms with Crippen LogP contribution >= 0.6 is 0 Å². The fourth-order valence-electron chi connectivity index (χ4n) is 3.51. The number of rotatable bonds is 7. The highest BCUT2D eigenvalue weighted by Crippen LogP contribution is 2.25. The Balaban J connectivity index is 1.87. The summed E-state index contributed by atoms with van der Waals surface area (Å²) in [5, 5.41) is 0. The molecule has 1 saturated heterocycles. The average Bonchev–Trinajstić information content (AvgIpc) is 2.75. The summed E-state index contributed by atoms with van der Waals surface area (Å²) in [4.78, 5) is 15.0. The molecule has 0 aliphatic carbocycles. The third-order valence-corrected chi connectivity index (χ3v) is 6.91. The highest BCUT2D eigenvalue weighted by molar-refractivity contribution is 7.89. The second kappa shape index (κ2) is 9.41. The number of likely N-dealkylation sites (tertiary alicyclic amines) is 1. The lowest BCUT2D eigenvalue weighted by Crippen LogP contribution is -2.35. The molecular weight excluding hydrogens is 388 g/mol. The van der Waals surface area contributed by atoms with Crippen LogP contribution in [0.1, 0.15) is 42.1 Å². The van der Waals surface area contributed by atoms with Crippen molar-refractivity contribution in [2.45, 2.75) is 37.6 Å². The van der Waals surface area contributed by atoms with Gasteiger partial charge < -0.3 is 9.64 Å². The molecule has 0 unspecified atom stereocenters. The van der Waals surface area contributed by atoms with E-state index in [0.717, 1.165) is 32.4 Å². The van der Waals surface area contributed by atoms with Crippen LogP contribution in [0.25, 0.3) is 0 Å². The van der Waals surface area contributed by atoms with Gasteiger partial charge in [-0.15, -0.1) is 0 Å². The topological polar surface area (TPSA) is 66.9 Å². The van der Waals surface area contributed by atoms with Crippen LogP contribution in [0.2, 0.25) is 0 Å². The zero-order valence-corrected chi connectivity index (χ0v) is 17.8. The van der Waals surface area contributed by atoms with Crippen molar-refractivity contribution in [1.29, 1.82) is 0 Å². The maximum atomic E-state index is 12.9. The van der Waals surface area contributed by atoms with Crippen LogP contribution in [-0.2, 0) is 16.6 Å². The largest absolute Gasteiger partial charge is 0.494 e. The molecule has 1 fully saturated rings. The Hall–Kier alpha value is -2.38. The Bertz CT molecular complexity index is 939. The predicted octanol–water partition coefficient (Wildman–Crippen LogP) is 3.53. The highest BCUT2D eigenvalue weighted by Gasteiger charge is 2.24. The van der Waals surface area contributed by atoms with E-state index in [-0.39, 0.29) is 17.3 Å². The number of carbonyl (C=O) groups is 1. The van der Waals surface area contributed by atoms with Crippen molar-refractivity contribution in [1.82, 2.24) is 9.21 Å². The van der Waals surface area contributed by atoms with E-state index in [4.69, 9.17) is 4.74 Å². The molecule has 0 bridgehead atoms. The van der Waals surface area contributed by atoms with E-state index in [1.54, 1.807) is 48.5 Å². The molecule has 0 atom stereocenters. The van der Waals surface area contributed by atoms with Gasteiger partial charge in [-0.25, -0.2) is 8.42 Å². The zero-order valence-electron chi connectivity index (χ0n) is 17.0. The summed E-state index contributed by atoms with van der Waals surface area (Å²) in [6.07, 6.45) is 3.20. The van der Waals surface area contributed by atoms with Gasteiger partial charge in [0.15, 0.2) is 0 Å². The van der Waals surface area contributed by atoms with Crippen molar-refractivity contribution >= 4 is 15.9 Å². The Morgan fingerprint density at radius 1 is 1.07 bits per heavy atom. The van der Waals surface area contributed by atoms with Gasteiger partial charge in [0.25, 0.3) is 5.91 Å². The lowest BCUT2D eigenvalue weighted by Gasteiger charge is -2.27. The summed E-state index contributed by atoms with van der Waals surface area (Å²) in [7, 11) is -2.10. The number of ether oxygens (including phenoxy) is 1. The van der Waals surface area contributed by atoms with Crippen LogP contribution in [0.4, 0.5) is 0 Å². The quantitative estimate of drug-likeness (QED) is 0.693. The molecule has 2 aromatic carbocycles. The first-order valence-electron chi connectivity index (χ1n) is 10.00. The summed E-state index contributed by atoms with van der Waals surface area (Å²) in [6, 6.07) is 13.6. The van der Waals surface area contributed by atoms with Crippen molar-refractivity contribution in [3.63, 3.8) is 0 Å². The zero-order chi connectivity index (χ0) is 20.9. The number of hydrogen-bond acceptors (Lipinski definition) is 4. The molecule has 7 heteroatoms. The van der Waals surface area contributed by atoms with E-state index >= 15 is 0 Å². The van der Waals surface area contributed by atoms with E-state index in [0.29, 0.717) is 23.5 Å². The third kappa shape index (κ3) is 4.97. The minimum absolute atomic E-state index is 0.0115. The van der Waals surface area contributed by atoms with Crippen molar-refractivity contribution in [2.24, 2.45) is 0 Å². The van der Waals surface area contributed by atoms with Gasteiger partial charge in [0.1, 0.15) is 5.75 Å². The molecule has 3 rings (SSSR count). The molecule has 1 aliphatic rings. The van der Waals surface area contributed by atoms with Crippen molar-refractivity contribution in [3.05, 3.63) is 59.7 Å². The van der Waals surface area contributed by atoms with Gasteiger partial charge in [0, 0.05) is 37.8 Å². The maximum Gasteiger partial charge on any atom is 0.253 e. The Morgan fingerprint density at radius 3 is 2.41 bits per heavy atom. The lowest BCUT2D eigenvalue weighted by atomic mass is 10.1. The maximum absolute atomic E-state index is 12.9. The molecule has 29 heavy (non-hydrogen) atoms. The molecule has 156 valence electrons. The fourth-order valence-corrected chi connectivity index (χ4v) is 4.68. The van der Waals surface area contributed by atoms with Gasteiger partial charge in [-0.05, 0) is 56.5 Å². The summed E-state index contributed by atoms with van der Waals surface area (Å²) in [5.74, 6) is 0.584. The van der Waals surface area contributed by atoms with E-state index in [1.807, 2.05) is 11.8 Å². The molecule has 0 spiro atoms. The summed E-state index contributed by atoms with van der Waals surface area (Å²) in [6.45, 7) is 3.99. The standard InChI is InChI=1S/C22H28N2O4S/c1-3-28-21-13-12-18(22(25)24-14-8-5-9-15-24)16-19(21)17-23(2)29(26,27)20-10-6-4-7-11-20/h4,6-7,10-13,16H,3,5,8-9,14-15,17H2,1-2H3. The molecule has 0 N–H and O–H groups in total. The van der Waals surface area contributed by atoms with Gasteiger partial charge in [0.05, 0.1) is 11.5 Å². The SMILES string of the molecule is CCOc1ccc(C(=O)N2CCCCC2)cc1CN(C)S(=O)(=O)c1ccccc1. The molecule has 6 nitrogen and oxygen atoms in total. The van der Waals surface area contributed by atoms with Gasteiger partial charge in [-0.2, -0.15) is 4.31 Å². The van der Waals surface area contributed by atoms with E-state index in [9.17, 15) is 13.2 Å². The molecule has 0 aromatic heterocycles. The molecule has 2 aromatic rings. The van der Waals surface area contributed by atoms with Crippen molar-refractivity contribution in [3.8, 4) is 5.75 Å². The van der Waals surface area contributed by atoms with Gasteiger partial charge in [-0.1, -0.05) is 18.2 Å². The second-order valence-electron chi connectivity index (χ2n) is 7.18. The summed E-state index contributed by atoms with van der Waals surface area (Å²) >= 11 is 0. The number of amides is 1. The number of nitrogens with zero attached hydrogens (tertiary/aromatic N) is 2. The molecule has 1 heterocycles. The molecular formula is C22H28N2O4S. The Labute approximate surface area is 173 Å². The normalized spacial score (nSPS) is 14.8. The van der Waals surface area contributed by atoms with Crippen molar-refractivity contribution in [2.75, 3.05) is 26.7 Å². The minimum atomic E-state index is -3.64. The Kier molecular flexibility index (Phi) is 6.92. The summed E-state index contributed by atoms with van der Waals surface area (Å²) < 4.78 is 32.7. The van der Waals surface area contributed by atoms with E-state index in [2.05, 4.69) is 0 Å². The Morgan fingerprint density at radius 2 is 1.76 bits per heavy atom. The molecule has 1 amide bonds. The lowest BCUT2D eigenvalue weighted by molar-refractivity contribution is 0.0724. The number of benzene rings is 2. The highest BCUT2D eigenvalue weighted by atomic mass is 32.2. The number of sulfonamides is 1. The van der Waals surface area contributed by atoms with Crippen LogP contribution in [0.3, 0.4) is 0 Å². The second-order valence-corrected chi connectivity index (χ2v) is 9.23. The first-order valence-corrected chi connectivity index (χ1v) is 11.4. The number of carbonyl (C=O) groups excluding carboxylic acids is 1. The first-order chi connectivity index (χ1) is 13.9. The van der Waals surface area contributed by atoms with Crippen LogP contribution in [0, 0.1) is 0 Å². The number of hydrogen-bond donors (Lipinski definition) is 0. The summed E-state index contributed by atoms with van der Waals surface area (Å²) in [5.41, 5.74) is 1.24. The van der Waals surface area contributed by atoms with Gasteiger partial charge >= 0.3 is 0 Å². The average molecular weight is 417 g/mol. The van der Waals surface area contributed by atoms with Crippen LogP contribution < -0.4 is 4.74 Å². The first kappa shape index (κ1) is 21.3. The minimum Gasteiger partial charge on any atom is -0.494 e. The van der Waals surface area contributed by atoms with E-state index < -0.39 is 10.0 Å². The smallest absolute Gasteiger partial charge is 0.253 e. The van der Waals surface area contributed by atoms with Gasteiger partial charge in [0.2, 0.25) is 10.0 Å². The predicted molar refractivity (Wildman–Crippen MR) is 112 cm³/mol. The van der Waals surface area contributed by atoms with Crippen LogP contribution in [0.15, 0.2) is 53.4 Å². The monoisotopic (exact) mass is 416 g/mol. The fraction of sp³-hybridized carbons (Fsp3) is 0.409. The van der Waals surface area contributed by atoms with Crippen LogP contribution in [-0.4, -0.2) is 50.3 Å². The number of piperidine rings is 1. The van der Waals surface area contributed by atoms with Gasteiger partial charge in [-0.3, -0.25) is 4.79 Å². The van der Waals surface area contributed by atoms with E-state index in [1.165, 1.54) is 11.4 Å². The molecule has 1 aliphatic heterocycles. The van der Waals surface area contributed by atoms with Crippen LogP contribution in [0.5, 0.6) is 5.75 Å². The molecule has 0 saturated carbocycles. The third-order valence-electron chi connectivity index (χ3n) is 5.09.